The lowest BCUT2D eigenvalue weighted by Crippen LogP contribution is -2.51. The molecular weight excluding hydrogens is 545 g/mol. The van der Waals surface area contributed by atoms with E-state index in [0.29, 0.717) is 23.2 Å². The lowest BCUT2D eigenvalue weighted by Gasteiger charge is -2.40. The summed E-state index contributed by atoms with van der Waals surface area (Å²) in [7, 11) is 0. The number of ketones is 1. The second-order valence-electron chi connectivity index (χ2n) is 10.9. The Kier molecular flexibility index (Phi) is 7.63. The normalized spacial score (nSPS) is 17.8. The molecule has 218 valence electrons. The summed E-state index contributed by atoms with van der Waals surface area (Å²) >= 11 is 0. The fourth-order valence-electron chi connectivity index (χ4n) is 5.25. The fourth-order valence-corrected chi connectivity index (χ4v) is 5.25. The molecule has 1 atom stereocenters. The minimum atomic E-state index is -4.68. The molecule has 2 N–H and O–H groups in total. The average Bonchev–Trinajstić information content (AvgIpc) is 3.73. The van der Waals surface area contributed by atoms with Crippen molar-refractivity contribution >= 4 is 23.4 Å². The third kappa shape index (κ3) is 6.43. The van der Waals surface area contributed by atoms with Gasteiger partial charge in [0.05, 0.1) is 0 Å². The van der Waals surface area contributed by atoms with Gasteiger partial charge in [-0.25, -0.2) is 4.98 Å². The van der Waals surface area contributed by atoms with Crippen molar-refractivity contribution in [3.05, 3.63) is 89.0 Å². The summed E-state index contributed by atoms with van der Waals surface area (Å²) in [5, 5.41) is 10.7. The number of carbonyl (C=O) groups excluding carboxylic acids is 1. The maximum Gasteiger partial charge on any atom is 0.434 e. The molecule has 1 aliphatic carbocycles. The maximum atomic E-state index is 13.3. The molecule has 12 heteroatoms. The van der Waals surface area contributed by atoms with Gasteiger partial charge in [0.2, 0.25) is 5.95 Å². The highest BCUT2D eigenvalue weighted by Crippen LogP contribution is 2.39. The van der Waals surface area contributed by atoms with E-state index in [-0.39, 0.29) is 12.5 Å². The predicted octanol–water partition coefficient (Wildman–Crippen LogP) is 5.37. The van der Waals surface area contributed by atoms with Crippen molar-refractivity contribution in [1.82, 2.24) is 30.0 Å². The van der Waals surface area contributed by atoms with Gasteiger partial charge in [-0.3, -0.25) is 19.8 Å². The van der Waals surface area contributed by atoms with Gasteiger partial charge in [-0.1, -0.05) is 24.3 Å². The van der Waals surface area contributed by atoms with E-state index in [1.807, 2.05) is 24.3 Å². The zero-order valence-corrected chi connectivity index (χ0v) is 23.1. The number of Topliss-reactive ketones (excluding diaryl/α,β-unsaturated/α-hetero) is 1. The molecule has 6 rings (SSSR count). The Hall–Kier alpha value is -4.32. The van der Waals surface area contributed by atoms with Crippen LogP contribution in [0.25, 0.3) is 0 Å². The lowest BCUT2D eigenvalue weighted by atomic mass is 10.0. The molecule has 4 aromatic rings. The van der Waals surface area contributed by atoms with Crippen molar-refractivity contribution in [3.63, 3.8) is 0 Å². The summed E-state index contributed by atoms with van der Waals surface area (Å²) in [4.78, 5) is 29.8. The molecule has 9 nitrogen and oxygen atoms in total. The molecule has 0 radical (unpaired) electrons. The van der Waals surface area contributed by atoms with E-state index in [1.54, 1.807) is 18.3 Å². The number of nitrogens with one attached hydrogen (secondary N) is 2. The monoisotopic (exact) mass is 576 g/mol. The molecule has 1 aliphatic heterocycles. The van der Waals surface area contributed by atoms with Gasteiger partial charge in [-0.15, -0.1) is 0 Å². The Balaban J connectivity index is 1.03. The molecule has 1 saturated heterocycles. The zero-order chi connectivity index (χ0) is 29.3. The minimum absolute atomic E-state index is 0.125. The molecule has 0 amide bonds. The molecule has 2 fully saturated rings. The van der Waals surface area contributed by atoms with Crippen LogP contribution in [-0.4, -0.2) is 61.5 Å². The molecular formula is C30H31F3N8O. The van der Waals surface area contributed by atoms with Gasteiger partial charge < -0.3 is 10.2 Å². The number of alkyl halides is 3. The largest absolute Gasteiger partial charge is 0.434 e. The van der Waals surface area contributed by atoms with Crippen LogP contribution in [0.4, 0.5) is 30.8 Å². The van der Waals surface area contributed by atoms with Crippen LogP contribution >= 0.6 is 0 Å². The first-order valence-corrected chi connectivity index (χ1v) is 14.0. The summed E-state index contributed by atoms with van der Waals surface area (Å²) in [5.41, 5.74) is 1.33. The summed E-state index contributed by atoms with van der Waals surface area (Å²) in [6.45, 7) is 5.22. The van der Waals surface area contributed by atoms with Crippen molar-refractivity contribution < 1.29 is 18.0 Å². The molecule has 1 aromatic carbocycles. The van der Waals surface area contributed by atoms with Gasteiger partial charge in [-0.05, 0) is 49.1 Å². The first kappa shape index (κ1) is 27.8. The molecule has 1 saturated carbocycles. The maximum absolute atomic E-state index is 13.3. The Bertz CT molecular complexity index is 1550. The smallest absolute Gasteiger partial charge is 0.338 e. The standard InChI is InChI=1S/C30H31F3N8O/c1-19-17-41(29-35-12-10-26(37-29)36-27-16-24(38-39-27)22-8-9-22)14-13-40(19)18-21-6-4-20(5-7-21)15-25(42)23-3-2-11-34-28(23)30(31,32)33/h2-7,10-12,16,19,22H,8-9,13-15,17-18H2,1H3,(H2,35,36,37,38,39)/t19-/m0/s1. The van der Waals surface area contributed by atoms with Crippen molar-refractivity contribution in [1.29, 1.82) is 0 Å². The number of anilines is 3. The molecule has 0 unspecified atom stereocenters. The highest BCUT2D eigenvalue weighted by molar-refractivity contribution is 5.98. The molecule has 2 aliphatic rings. The second kappa shape index (κ2) is 11.5. The Morgan fingerprint density at radius 1 is 1.02 bits per heavy atom. The summed E-state index contributed by atoms with van der Waals surface area (Å²) < 4.78 is 39.8. The molecule has 4 heterocycles. The van der Waals surface area contributed by atoms with Crippen LogP contribution in [0, 0.1) is 0 Å². The molecule has 0 bridgehead atoms. The van der Waals surface area contributed by atoms with Crippen molar-refractivity contribution in [2.24, 2.45) is 0 Å². The van der Waals surface area contributed by atoms with Crippen LogP contribution in [0.1, 0.15) is 58.6 Å². The van der Waals surface area contributed by atoms with Gasteiger partial charge in [0.25, 0.3) is 0 Å². The van der Waals surface area contributed by atoms with Crippen LogP contribution in [0.5, 0.6) is 0 Å². The van der Waals surface area contributed by atoms with E-state index in [1.165, 1.54) is 25.0 Å². The Morgan fingerprint density at radius 3 is 2.55 bits per heavy atom. The quantitative estimate of drug-likeness (QED) is 0.257. The van der Waals surface area contributed by atoms with Crippen molar-refractivity contribution in [2.75, 3.05) is 29.9 Å². The predicted molar refractivity (Wildman–Crippen MR) is 152 cm³/mol. The van der Waals surface area contributed by atoms with Crippen LogP contribution in [0.15, 0.2) is 60.9 Å². The molecule has 0 spiro atoms. The van der Waals surface area contributed by atoms with E-state index in [4.69, 9.17) is 4.98 Å². The number of carbonyl (C=O) groups is 1. The number of halogens is 3. The molecule has 42 heavy (non-hydrogen) atoms. The molecule has 3 aromatic heterocycles. The number of nitrogens with zero attached hydrogens (tertiary/aromatic N) is 6. The SMILES string of the molecule is C[C@H]1CN(c2nccc(Nc3cc(C4CC4)[nH]n3)n2)CCN1Cc1ccc(CC(=O)c2cccnc2C(F)(F)F)cc1. The van der Waals surface area contributed by atoms with E-state index < -0.39 is 23.2 Å². The Morgan fingerprint density at radius 2 is 1.81 bits per heavy atom. The van der Waals surface area contributed by atoms with Crippen molar-refractivity contribution in [3.8, 4) is 0 Å². The van der Waals surface area contributed by atoms with Gasteiger partial charge in [0.1, 0.15) is 5.82 Å². The number of aromatic nitrogens is 5. The highest BCUT2D eigenvalue weighted by Gasteiger charge is 2.36. The van der Waals surface area contributed by atoms with E-state index in [9.17, 15) is 18.0 Å². The summed E-state index contributed by atoms with van der Waals surface area (Å²) in [5.74, 6) is 2.10. The van der Waals surface area contributed by atoms with Gasteiger partial charge >= 0.3 is 6.18 Å². The number of benzene rings is 1. The van der Waals surface area contributed by atoms with Crippen LogP contribution in [0.3, 0.4) is 0 Å². The summed E-state index contributed by atoms with van der Waals surface area (Å²) in [6, 6.07) is 14.1. The van der Waals surface area contributed by atoms with Crippen LogP contribution < -0.4 is 10.2 Å². The number of rotatable bonds is 9. The van der Waals surface area contributed by atoms with E-state index in [0.717, 1.165) is 49.5 Å². The third-order valence-corrected chi connectivity index (χ3v) is 7.71. The van der Waals surface area contributed by atoms with Crippen molar-refractivity contribution in [2.45, 2.75) is 50.9 Å². The topological polar surface area (TPSA) is 103 Å². The number of piperazine rings is 1. The first-order chi connectivity index (χ1) is 20.2. The van der Waals surface area contributed by atoms with Gasteiger partial charge in [0.15, 0.2) is 17.3 Å². The van der Waals surface area contributed by atoms with Crippen LogP contribution in [0.2, 0.25) is 0 Å². The number of hydrogen-bond donors (Lipinski definition) is 2. The van der Waals surface area contributed by atoms with E-state index in [2.05, 4.69) is 42.2 Å². The van der Waals surface area contributed by atoms with E-state index >= 15 is 0 Å². The first-order valence-electron chi connectivity index (χ1n) is 14.0. The van der Waals surface area contributed by atoms with Crippen LogP contribution in [-0.2, 0) is 19.1 Å². The number of aromatic amines is 1. The Labute approximate surface area is 241 Å². The number of H-pyrrole nitrogens is 1. The second-order valence-corrected chi connectivity index (χ2v) is 10.9. The average molecular weight is 577 g/mol. The highest BCUT2D eigenvalue weighted by atomic mass is 19.4. The fraction of sp³-hybridized carbons (Fsp3) is 0.367. The third-order valence-electron chi connectivity index (χ3n) is 7.71. The lowest BCUT2D eigenvalue weighted by molar-refractivity contribution is -0.141. The summed E-state index contributed by atoms with van der Waals surface area (Å²) in [6.07, 6.45) is 0.404. The van der Waals surface area contributed by atoms with Gasteiger partial charge in [0, 0.05) is 74.3 Å². The minimum Gasteiger partial charge on any atom is -0.338 e. The number of pyridine rings is 1. The van der Waals surface area contributed by atoms with Gasteiger partial charge in [-0.2, -0.15) is 23.3 Å². The number of hydrogen-bond acceptors (Lipinski definition) is 8. The zero-order valence-electron chi connectivity index (χ0n) is 23.1.